The summed E-state index contributed by atoms with van der Waals surface area (Å²) in [6.45, 7) is 0.418. The van der Waals surface area contributed by atoms with Gasteiger partial charge >= 0.3 is 5.82 Å². The number of pyridine rings is 2. The number of hydrazine groups is 1. The van der Waals surface area contributed by atoms with Crippen LogP contribution in [0.1, 0.15) is 11.3 Å². The van der Waals surface area contributed by atoms with Crippen molar-refractivity contribution < 1.29 is 4.98 Å². The Balaban J connectivity index is 1.62. The highest BCUT2D eigenvalue weighted by Gasteiger charge is 2.16. The molecule has 132 valence electrons. The van der Waals surface area contributed by atoms with Crippen LogP contribution in [0.15, 0.2) is 55.1 Å². The lowest BCUT2D eigenvalue weighted by molar-refractivity contribution is -0.359. The standard InChI is InChI=1S/C18H15N9/c19-8-14-2-1-13(9-22-14)16-10-23-17(20)18(25-16)26(21)11-12-4-6-27-15(7-12)3-5-24-27/h1-7,9-10H,11,21H2,(H2,20,23)/p+1. The van der Waals surface area contributed by atoms with Gasteiger partial charge in [0.1, 0.15) is 23.7 Å². The van der Waals surface area contributed by atoms with E-state index in [-0.39, 0.29) is 0 Å². The second kappa shape index (κ2) is 6.70. The van der Waals surface area contributed by atoms with E-state index in [9.17, 15) is 0 Å². The van der Waals surface area contributed by atoms with E-state index in [1.54, 1.807) is 35.2 Å². The van der Waals surface area contributed by atoms with Gasteiger partial charge in [0.15, 0.2) is 0 Å². The number of aromatic amines is 1. The van der Waals surface area contributed by atoms with Gasteiger partial charge in [0.05, 0.1) is 12.1 Å². The zero-order valence-corrected chi connectivity index (χ0v) is 14.2. The normalized spacial score (nSPS) is 10.7. The van der Waals surface area contributed by atoms with Gasteiger partial charge in [0, 0.05) is 24.2 Å². The zero-order chi connectivity index (χ0) is 18.8. The van der Waals surface area contributed by atoms with Crippen LogP contribution >= 0.6 is 0 Å². The minimum Gasteiger partial charge on any atom is -0.284 e. The van der Waals surface area contributed by atoms with Crippen molar-refractivity contribution >= 4 is 17.2 Å². The second-order valence-corrected chi connectivity index (χ2v) is 5.93. The molecule has 4 heterocycles. The maximum absolute atomic E-state index is 8.87. The first-order valence-corrected chi connectivity index (χ1v) is 8.13. The van der Waals surface area contributed by atoms with Crippen LogP contribution in [-0.2, 0) is 6.54 Å². The van der Waals surface area contributed by atoms with Crippen molar-refractivity contribution in [3.8, 4) is 17.3 Å². The van der Waals surface area contributed by atoms with Crippen molar-refractivity contribution in [3.63, 3.8) is 0 Å². The number of anilines is 2. The number of nitrogens with zero attached hydrogens (tertiary/aromatic N) is 6. The van der Waals surface area contributed by atoms with Crippen LogP contribution in [0.4, 0.5) is 11.6 Å². The number of hydrogen-bond donors (Lipinski definition) is 2. The van der Waals surface area contributed by atoms with Gasteiger partial charge < -0.3 is 0 Å². The molecule has 9 heteroatoms. The summed E-state index contributed by atoms with van der Waals surface area (Å²) in [6, 6.07) is 11.3. The molecule has 9 nitrogen and oxygen atoms in total. The summed E-state index contributed by atoms with van der Waals surface area (Å²) in [4.78, 5) is 11.6. The molecule has 0 aliphatic rings. The highest BCUT2D eigenvalue weighted by Crippen LogP contribution is 2.21. The molecule has 0 atom stereocenters. The van der Waals surface area contributed by atoms with Gasteiger partial charge in [-0.25, -0.2) is 25.3 Å². The van der Waals surface area contributed by atoms with Crippen LogP contribution in [-0.4, -0.2) is 19.6 Å². The number of rotatable bonds is 4. The number of fused-ring (bicyclic) bond motifs is 1. The highest BCUT2D eigenvalue weighted by atomic mass is 15.4. The summed E-state index contributed by atoms with van der Waals surface area (Å²) in [6.07, 6.45) is 6.88. The van der Waals surface area contributed by atoms with E-state index in [1.165, 1.54) is 5.01 Å². The van der Waals surface area contributed by atoms with Gasteiger partial charge in [-0.2, -0.15) is 10.4 Å². The molecule has 0 fully saturated rings. The average Bonchev–Trinajstić information content (AvgIpc) is 3.16. The number of hydrogen-bond acceptors (Lipinski definition) is 7. The lowest BCUT2D eigenvalue weighted by Gasteiger charge is -2.17. The predicted octanol–water partition coefficient (Wildman–Crippen LogP) is 0.940. The molecule has 0 unspecified atom stereocenters. The van der Waals surface area contributed by atoms with E-state index in [1.807, 2.05) is 30.5 Å². The van der Waals surface area contributed by atoms with E-state index in [0.29, 0.717) is 29.6 Å². The number of nitrogens with two attached hydrogens (primary N) is 2. The molecule has 0 aliphatic heterocycles. The number of aromatic nitrogens is 5. The quantitative estimate of drug-likeness (QED) is 0.409. The van der Waals surface area contributed by atoms with E-state index in [0.717, 1.165) is 16.6 Å². The van der Waals surface area contributed by atoms with E-state index in [4.69, 9.17) is 16.8 Å². The van der Waals surface area contributed by atoms with E-state index >= 15 is 0 Å². The monoisotopic (exact) mass is 358 g/mol. The topological polar surface area (TPSA) is 136 Å². The molecule has 4 aromatic rings. The Hall–Kier alpha value is -4.03. The predicted molar refractivity (Wildman–Crippen MR) is 98.7 cm³/mol. The van der Waals surface area contributed by atoms with Crippen LogP contribution in [0.3, 0.4) is 0 Å². The molecule has 4 aromatic heterocycles. The molecule has 0 amide bonds. The number of nitrogen functional groups attached to an aromatic ring is 1. The Morgan fingerprint density at radius 3 is 2.93 bits per heavy atom. The number of H-pyrrole nitrogens is 1. The van der Waals surface area contributed by atoms with E-state index < -0.39 is 0 Å². The molecular formula is C18H16N9+. The maximum atomic E-state index is 8.87. The van der Waals surface area contributed by atoms with Crippen LogP contribution < -0.4 is 21.6 Å². The highest BCUT2D eigenvalue weighted by molar-refractivity contribution is 5.63. The Labute approximate surface area is 154 Å². The first-order valence-electron chi connectivity index (χ1n) is 8.13. The minimum absolute atomic E-state index is 0.342. The summed E-state index contributed by atoms with van der Waals surface area (Å²) >= 11 is 0. The fraction of sp³-hybridized carbons (Fsp3) is 0.0556. The lowest BCUT2D eigenvalue weighted by atomic mass is 10.2. The first-order chi connectivity index (χ1) is 13.1. The van der Waals surface area contributed by atoms with Gasteiger partial charge in [0.25, 0.3) is 0 Å². The second-order valence-electron chi connectivity index (χ2n) is 5.93. The third-order valence-corrected chi connectivity index (χ3v) is 4.09. The fourth-order valence-corrected chi connectivity index (χ4v) is 2.73. The van der Waals surface area contributed by atoms with Crippen LogP contribution in [0.25, 0.3) is 16.8 Å². The Morgan fingerprint density at radius 2 is 2.15 bits per heavy atom. The van der Waals surface area contributed by atoms with Gasteiger partial charge in [-0.05, 0) is 35.9 Å². The van der Waals surface area contributed by atoms with Crippen molar-refractivity contribution in [1.82, 2.24) is 19.6 Å². The van der Waals surface area contributed by atoms with Gasteiger partial charge in [-0.1, -0.05) is 0 Å². The molecule has 5 N–H and O–H groups in total. The molecule has 0 radical (unpaired) electrons. The molecular weight excluding hydrogens is 342 g/mol. The van der Waals surface area contributed by atoms with Gasteiger partial charge in [-0.15, -0.1) is 0 Å². The minimum atomic E-state index is 0.342. The van der Waals surface area contributed by atoms with E-state index in [2.05, 4.69) is 20.1 Å². The molecule has 0 saturated carbocycles. The first kappa shape index (κ1) is 16.4. The molecule has 0 aromatic carbocycles. The SMILES string of the molecule is N#Cc1ccc(-c2c[nH+]c(N)c(N(N)Cc3ccn4nccc4c3)n2)cn1. The Morgan fingerprint density at radius 1 is 1.26 bits per heavy atom. The molecule has 0 saturated heterocycles. The summed E-state index contributed by atoms with van der Waals surface area (Å²) < 4.78 is 1.78. The maximum Gasteiger partial charge on any atom is 0.315 e. The Bertz CT molecular complexity index is 1140. The summed E-state index contributed by atoms with van der Waals surface area (Å²) in [5.41, 5.74) is 9.72. The molecule has 0 aliphatic carbocycles. The summed E-state index contributed by atoms with van der Waals surface area (Å²) in [5.74, 6) is 7.01. The Kier molecular flexibility index (Phi) is 4.08. The van der Waals surface area contributed by atoms with Crippen molar-refractivity contribution in [3.05, 3.63) is 66.4 Å². The lowest BCUT2D eigenvalue weighted by Crippen LogP contribution is -2.33. The molecule has 0 spiro atoms. The zero-order valence-electron chi connectivity index (χ0n) is 14.2. The van der Waals surface area contributed by atoms with Crippen molar-refractivity contribution in [1.29, 1.82) is 5.26 Å². The van der Waals surface area contributed by atoms with Crippen molar-refractivity contribution in [2.75, 3.05) is 10.7 Å². The van der Waals surface area contributed by atoms with Crippen LogP contribution in [0.2, 0.25) is 0 Å². The van der Waals surface area contributed by atoms with Gasteiger partial charge in [-0.3, -0.25) is 10.7 Å². The summed E-state index contributed by atoms with van der Waals surface area (Å²) in [5, 5.41) is 14.5. The smallest absolute Gasteiger partial charge is 0.284 e. The molecule has 27 heavy (non-hydrogen) atoms. The molecule has 0 bridgehead atoms. The molecule has 4 rings (SSSR count). The average molecular weight is 358 g/mol. The van der Waals surface area contributed by atoms with Crippen LogP contribution in [0, 0.1) is 11.3 Å². The van der Waals surface area contributed by atoms with Crippen molar-refractivity contribution in [2.24, 2.45) is 5.84 Å². The fourth-order valence-electron chi connectivity index (χ4n) is 2.73. The number of nitriles is 1. The van der Waals surface area contributed by atoms with Crippen LogP contribution in [0.5, 0.6) is 0 Å². The third-order valence-electron chi connectivity index (χ3n) is 4.09. The summed E-state index contributed by atoms with van der Waals surface area (Å²) in [7, 11) is 0. The number of nitrogens with one attached hydrogen (secondary N) is 1. The largest absolute Gasteiger partial charge is 0.315 e. The third kappa shape index (κ3) is 3.24. The van der Waals surface area contributed by atoms with Gasteiger partial charge in [0.2, 0.25) is 5.82 Å². The van der Waals surface area contributed by atoms with Crippen molar-refractivity contribution in [2.45, 2.75) is 6.54 Å².